The number of amides is 1. The van der Waals surface area contributed by atoms with Crippen LogP contribution in [-0.2, 0) is 26.3 Å². The first-order chi connectivity index (χ1) is 15.5. The molecule has 0 bridgehead atoms. The van der Waals surface area contributed by atoms with Crippen molar-refractivity contribution in [1.29, 1.82) is 0 Å². The fraction of sp³-hybridized carbons (Fsp3) is 0.333. The maximum atomic E-state index is 13.7. The van der Waals surface area contributed by atoms with Gasteiger partial charge in [0.2, 0.25) is 5.91 Å². The lowest BCUT2D eigenvalue weighted by molar-refractivity contribution is -0.139. The van der Waals surface area contributed by atoms with Gasteiger partial charge in [0.25, 0.3) is 0 Å². The molecule has 1 unspecified atom stereocenters. The lowest BCUT2D eigenvalue weighted by Crippen LogP contribution is -2.38. The quantitative estimate of drug-likeness (QED) is 0.411. The van der Waals surface area contributed by atoms with Crippen molar-refractivity contribution >= 4 is 11.9 Å². The molecule has 1 heterocycles. The molecule has 2 aromatic rings. The highest BCUT2D eigenvalue weighted by Gasteiger charge is 2.37. The monoisotopic (exact) mass is 453 g/mol. The van der Waals surface area contributed by atoms with Gasteiger partial charge in [-0.1, -0.05) is 63.8 Å². The zero-order valence-corrected chi connectivity index (χ0v) is 19.5. The van der Waals surface area contributed by atoms with Gasteiger partial charge in [0, 0.05) is 18.0 Å². The number of hydrogen-bond donors (Lipinski definition) is 0. The Morgan fingerprint density at radius 1 is 1.15 bits per heavy atom. The number of halogens is 2. The van der Waals surface area contributed by atoms with Crippen molar-refractivity contribution in [2.45, 2.75) is 52.0 Å². The predicted octanol–water partition coefficient (Wildman–Crippen LogP) is 5.78. The predicted molar refractivity (Wildman–Crippen MR) is 123 cm³/mol. The van der Waals surface area contributed by atoms with Crippen LogP contribution in [0.25, 0.3) is 0 Å². The summed E-state index contributed by atoms with van der Waals surface area (Å²) in [5, 5.41) is 0. The SMILES string of the molecule is C=CCOC(=O)C1=C(C)N(Cc2ccc(F)c(F)c2)C(=O)CC1c1ccc(C(C)(C)C)cc1. The number of carbonyl (C=O) groups excluding carboxylic acids is 2. The van der Waals surface area contributed by atoms with Crippen LogP contribution in [0.2, 0.25) is 0 Å². The molecule has 0 spiro atoms. The number of allylic oxidation sites excluding steroid dienone is 1. The maximum absolute atomic E-state index is 13.7. The smallest absolute Gasteiger partial charge is 0.336 e. The van der Waals surface area contributed by atoms with E-state index in [1.165, 1.54) is 17.0 Å². The molecule has 174 valence electrons. The van der Waals surface area contributed by atoms with E-state index < -0.39 is 23.5 Å². The summed E-state index contributed by atoms with van der Waals surface area (Å²) < 4.78 is 32.4. The highest BCUT2D eigenvalue weighted by molar-refractivity contribution is 5.95. The summed E-state index contributed by atoms with van der Waals surface area (Å²) >= 11 is 0. The van der Waals surface area contributed by atoms with E-state index in [0.29, 0.717) is 16.8 Å². The van der Waals surface area contributed by atoms with Crippen LogP contribution in [0.3, 0.4) is 0 Å². The molecule has 0 N–H and O–H groups in total. The number of rotatable bonds is 6. The molecule has 4 nitrogen and oxygen atoms in total. The third-order valence-electron chi connectivity index (χ3n) is 5.88. The Labute approximate surface area is 193 Å². The van der Waals surface area contributed by atoms with E-state index in [2.05, 4.69) is 27.4 Å². The Balaban J connectivity index is 2.01. The minimum Gasteiger partial charge on any atom is -0.458 e. The zero-order valence-electron chi connectivity index (χ0n) is 19.5. The van der Waals surface area contributed by atoms with Crippen molar-refractivity contribution in [3.8, 4) is 0 Å². The third kappa shape index (κ3) is 5.38. The first-order valence-electron chi connectivity index (χ1n) is 10.9. The largest absolute Gasteiger partial charge is 0.458 e. The molecule has 3 rings (SSSR count). The fourth-order valence-corrected chi connectivity index (χ4v) is 4.00. The van der Waals surface area contributed by atoms with Gasteiger partial charge in [-0.25, -0.2) is 13.6 Å². The Hall–Kier alpha value is -3.28. The molecule has 0 fully saturated rings. The number of hydrogen-bond acceptors (Lipinski definition) is 3. The van der Waals surface area contributed by atoms with E-state index in [0.717, 1.165) is 23.3 Å². The molecule has 1 amide bonds. The number of benzene rings is 2. The van der Waals surface area contributed by atoms with Crippen LogP contribution >= 0.6 is 0 Å². The van der Waals surface area contributed by atoms with Gasteiger partial charge in [0.15, 0.2) is 11.6 Å². The van der Waals surface area contributed by atoms with E-state index in [1.54, 1.807) is 6.92 Å². The maximum Gasteiger partial charge on any atom is 0.336 e. The zero-order chi connectivity index (χ0) is 24.3. The molecule has 0 aromatic heterocycles. The topological polar surface area (TPSA) is 46.6 Å². The first kappa shape index (κ1) is 24.4. The van der Waals surface area contributed by atoms with Crippen molar-refractivity contribution in [1.82, 2.24) is 4.90 Å². The molecule has 1 atom stereocenters. The molecule has 2 aromatic carbocycles. The average Bonchev–Trinajstić information content (AvgIpc) is 2.76. The third-order valence-corrected chi connectivity index (χ3v) is 5.88. The van der Waals surface area contributed by atoms with Gasteiger partial charge in [-0.15, -0.1) is 0 Å². The van der Waals surface area contributed by atoms with Crippen molar-refractivity contribution in [3.63, 3.8) is 0 Å². The van der Waals surface area contributed by atoms with Crippen LogP contribution in [-0.4, -0.2) is 23.4 Å². The van der Waals surface area contributed by atoms with Crippen LogP contribution in [0.4, 0.5) is 8.78 Å². The molecule has 0 saturated carbocycles. The summed E-state index contributed by atoms with van der Waals surface area (Å²) in [6, 6.07) is 11.4. The summed E-state index contributed by atoms with van der Waals surface area (Å²) in [6.45, 7) is 11.7. The summed E-state index contributed by atoms with van der Waals surface area (Å²) in [7, 11) is 0. The van der Waals surface area contributed by atoms with Crippen LogP contribution < -0.4 is 0 Å². The van der Waals surface area contributed by atoms with Gasteiger partial charge < -0.3 is 9.64 Å². The molecule has 1 aliphatic rings. The molecule has 6 heteroatoms. The van der Waals surface area contributed by atoms with Crippen LogP contribution in [0.1, 0.15) is 56.7 Å². The summed E-state index contributed by atoms with van der Waals surface area (Å²) in [5.74, 6) is -3.14. The Bertz CT molecular complexity index is 1100. The standard InChI is InChI=1S/C27H29F2NO3/c1-6-13-33-26(32)25-17(2)30(16-18-7-12-22(28)23(29)14-18)24(31)15-21(25)19-8-10-20(11-9-19)27(3,4)5/h6-12,14,21H,1,13,15-16H2,2-5H3. The van der Waals surface area contributed by atoms with Crippen LogP contribution in [0, 0.1) is 11.6 Å². The highest BCUT2D eigenvalue weighted by atomic mass is 19.2. The number of ether oxygens (including phenoxy) is 1. The summed E-state index contributed by atoms with van der Waals surface area (Å²) in [6.07, 6.45) is 1.54. The normalized spacial score (nSPS) is 16.7. The van der Waals surface area contributed by atoms with E-state index >= 15 is 0 Å². The van der Waals surface area contributed by atoms with Gasteiger partial charge in [-0.05, 0) is 41.2 Å². The second kappa shape index (κ2) is 9.69. The van der Waals surface area contributed by atoms with Gasteiger partial charge in [0.05, 0.1) is 12.1 Å². The fourth-order valence-electron chi connectivity index (χ4n) is 4.00. The number of esters is 1. The molecular weight excluding hydrogens is 424 g/mol. The van der Waals surface area contributed by atoms with Crippen molar-refractivity contribution in [2.24, 2.45) is 0 Å². The molecule has 0 saturated heterocycles. The van der Waals surface area contributed by atoms with Gasteiger partial charge in [-0.3, -0.25) is 4.79 Å². The summed E-state index contributed by atoms with van der Waals surface area (Å²) in [4.78, 5) is 27.5. The minimum absolute atomic E-state index is 0.0236. The molecule has 0 aliphatic carbocycles. The second-order valence-electron chi connectivity index (χ2n) is 9.24. The molecule has 1 aliphatic heterocycles. The highest BCUT2D eigenvalue weighted by Crippen LogP contribution is 2.38. The Kier molecular flexibility index (Phi) is 7.15. The molecular formula is C27H29F2NO3. The van der Waals surface area contributed by atoms with Crippen molar-refractivity contribution < 1.29 is 23.1 Å². The lowest BCUT2D eigenvalue weighted by atomic mass is 9.81. The second-order valence-corrected chi connectivity index (χ2v) is 9.24. The van der Waals surface area contributed by atoms with E-state index in [-0.39, 0.29) is 30.9 Å². The van der Waals surface area contributed by atoms with Crippen molar-refractivity contribution in [3.05, 3.63) is 94.7 Å². The lowest BCUT2D eigenvalue weighted by Gasteiger charge is -2.34. The molecule has 33 heavy (non-hydrogen) atoms. The first-order valence-corrected chi connectivity index (χ1v) is 10.9. The van der Waals surface area contributed by atoms with Crippen LogP contribution in [0.15, 0.2) is 66.4 Å². The number of carbonyl (C=O) groups is 2. The van der Waals surface area contributed by atoms with Gasteiger partial charge in [0.1, 0.15) is 6.61 Å². The van der Waals surface area contributed by atoms with Gasteiger partial charge in [-0.2, -0.15) is 0 Å². The Morgan fingerprint density at radius 2 is 1.82 bits per heavy atom. The van der Waals surface area contributed by atoms with E-state index in [4.69, 9.17) is 4.74 Å². The van der Waals surface area contributed by atoms with E-state index in [9.17, 15) is 18.4 Å². The summed E-state index contributed by atoms with van der Waals surface area (Å²) in [5.41, 5.74) is 3.20. The minimum atomic E-state index is -0.985. The molecule has 0 radical (unpaired) electrons. The van der Waals surface area contributed by atoms with Gasteiger partial charge >= 0.3 is 5.97 Å². The Morgan fingerprint density at radius 3 is 2.39 bits per heavy atom. The van der Waals surface area contributed by atoms with E-state index in [1.807, 2.05) is 24.3 Å². The van der Waals surface area contributed by atoms with Crippen molar-refractivity contribution in [2.75, 3.05) is 6.61 Å². The van der Waals surface area contributed by atoms with Crippen LogP contribution in [0.5, 0.6) is 0 Å². The number of nitrogens with zero attached hydrogens (tertiary/aromatic N) is 1. The average molecular weight is 454 g/mol.